The predicted octanol–water partition coefficient (Wildman–Crippen LogP) is 3.31. The van der Waals surface area contributed by atoms with E-state index in [9.17, 15) is 17.2 Å². The second-order valence-electron chi connectivity index (χ2n) is 4.38. The van der Waals surface area contributed by atoms with Gasteiger partial charge in [0.2, 0.25) is 0 Å². The lowest BCUT2D eigenvalue weighted by molar-refractivity contribution is 0.509. The summed E-state index contributed by atoms with van der Waals surface area (Å²) in [7, 11) is -3.98. The summed E-state index contributed by atoms with van der Waals surface area (Å²) in [5.41, 5.74) is 6.13. The van der Waals surface area contributed by atoms with Gasteiger partial charge in [0.05, 0.1) is 21.3 Å². The van der Waals surface area contributed by atoms with Crippen LogP contribution in [0.4, 0.5) is 20.2 Å². The Morgan fingerprint density at radius 2 is 1.81 bits per heavy atom. The SMILES string of the molecule is Cc1cc(S(=O)(=O)Nc2ccc(F)c(F)c2)cc(N)c1Cl. The summed E-state index contributed by atoms with van der Waals surface area (Å²) in [6.07, 6.45) is 0. The van der Waals surface area contributed by atoms with Gasteiger partial charge in [0.25, 0.3) is 10.0 Å². The summed E-state index contributed by atoms with van der Waals surface area (Å²) < 4.78 is 52.4. The van der Waals surface area contributed by atoms with Crippen LogP contribution in [0.25, 0.3) is 0 Å². The van der Waals surface area contributed by atoms with Gasteiger partial charge in [-0.25, -0.2) is 17.2 Å². The Labute approximate surface area is 125 Å². The molecular formula is C13H11ClF2N2O2S. The molecule has 0 unspecified atom stereocenters. The Morgan fingerprint density at radius 1 is 1.14 bits per heavy atom. The molecule has 4 nitrogen and oxygen atoms in total. The first-order valence-electron chi connectivity index (χ1n) is 5.74. The van der Waals surface area contributed by atoms with Crippen molar-refractivity contribution in [1.29, 1.82) is 0 Å². The van der Waals surface area contributed by atoms with Crippen LogP contribution in [0.15, 0.2) is 35.2 Å². The maximum absolute atomic E-state index is 13.1. The molecule has 21 heavy (non-hydrogen) atoms. The van der Waals surface area contributed by atoms with E-state index in [1.807, 2.05) is 0 Å². The average Bonchev–Trinajstić information content (AvgIpc) is 2.39. The molecule has 0 aliphatic heterocycles. The molecule has 2 aromatic carbocycles. The maximum Gasteiger partial charge on any atom is 0.261 e. The number of rotatable bonds is 3. The Balaban J connectivity index is 2.40. The molecule has 0 spiro atoms. The fourth-order valence-corrected chi connectivity index (χ4v) is 2.97. The number of hydrogen-bond donors (Lipinski definition) is 2. The van der Waals surface area contributed by atoms with Gasteiger partial charge in [-0.05, 0) is 36.8 Å². The lowest BCUT2D eigenvalue weighted by atomic mass is 10.2. The highest BCUT2D eigenvalue weighted by Crippen LogP contribution is 2.28. The molecule has 0 bridgehead atoms. The van der Waals surface area contributed by atoms with E-state index in [4.69, 9.17) is 17.3 Å². The van der Waals surface area contributed by atoms with Crippen molar-refractivity contribution in [2.45, 2.75) is 11.8 Å². The molecule has 0 radical (unpaired) electrons. The van der Waals surface area contributed by atoms with Crippen LogP contribution in [-0.2, 0) is 10.0 Å². The number of nitrogens with one attached hydrogen (secondary N) is 1. The number of hydrogen-bond acceptors (Lipinski definition) is 3. The van der Waals surface area contributed by atoms with E-state index in [-0.39, 0.29) is 21.3 Å². The quantitative estimate of drug-likeness (QED) is 0.847. The van der Waals surface area contributed by atoms with Gasteiger partial charge in [0.1, 0.15) is 0 Å². The van der Waals surface area contributed by atoms with E-state index in [0.29, 0.717) is 5.56 Å². The highest BCUT2D eigenvalue weighted by molar-refractivity contribution is 7.92. The molecule has 0 aliphatic carbocycles. The van der Waals surface area contributed by atoms with Gasteiger partial charge >= 0.3 is 0 Å². The predicted molar refractivity (Wildman–Crippen MR) is 77.8 cm³/mol. The summed E-state index contributed by atoms with van der Waals surface area (Å²) in [4.78, 5) is -0.119. The topological polar surface area (TPSA) is 72.2 Å². The van der Waals surface area contributed by atoms with Crippen molar-refractivity contribution in [3.05, 3.63) is 52.6 Å². The van der Waals surface area contributed by atoms with Gasteiger partial charge in [-0.15, -0.1) is 0 Å². The lowest BCUT2D eigenvalue weighted by Crippen LogP contribution is -2.14. The Hall–Kier alpha value is -1.86. The fraction of sp³-hybridized carbons (Fsp3) is 0.0769. The van der Waals surface area contributed by atoms with Crippen LogP contribution in [0.5, 0.6) is 0 Å². The fourth-order valence-electron chi connectivity index (χ4n) is 1.69. The van der Waals surface area contributed by atoms with Crippen LogP contribution in [0.3, 0.4) is 0 Å². The number of aryl methyl sites for hydroxylation is 1. The monoisotopic (exact) mass is 332 g/mol. The highest BCUT2D eigenvalue weighted by atomic mass is 35.5. The molecular weight excluding hydrogens is 322 g/mol. The van der Waals surface area contributed by atoms with E-state index in [1.165, 1.54) is 12.1 Å². The first kappa shape index (κ1) is 15.5. The Bertz CT molecular complexity index is 787. The molecule has 2 rings (SSSR count). The van der Waals surface area contributed by atoms with Crippen LogP contribution < -0.4 is 10.5 Å². The normalized spacial score (nSPS) is 11.4. The molecule has 8 heteroatoms. The third-order valence-electron chi connectivity index (χ3n) is 2.74. The maximum atomic E-state index is 13.1. The van der Waals surface area contributed by atoms with Crippen LogP contribution in [0.1, 0.15) is 5.56 Å². The molecule has 0 saturated carbocycles. The summed E-state index contributed by atoms with van der Waals surface area (Å²) in [6.45, 7) is 1.61. The zero-order valence-electron chi connectivity index (χ0n) is 10.8. The van der Waals surface area contributed by atoms with Crippen LogP contribution in [0, 0.1) is 18.6 Å². The first-order valence-corrected chi connectivity index (χ1v) is 7.60. The molecule has 2 aromatic rings. The van der Waals surface area contributed by atoms with Gasteiger partial charge in [-0.1, -0.05) is 11.6 Å². The molecule has 0 amide bonds. The van der Waals surface area contributed by atoms with E-state index in [1.54, 1.807) is 6.92 Å². The number of nitrogen functional groups attached to an aromatic ring is 1. The van der Waals surface area contributed by atoms with Crippen molar-refractivity contribution >= 4 is 33.0 Å². The van der Waals surface area contributed by atoms with Crippen LogP contribution in [0.2, 0.25) is 5.02 Å². The highest BCUT2D eigenvalue weighted by Gasteiger charge is 2.17. The molecule has 0 aromatic heterocycles. The zero-order valence-corrected chi connectivity index (χ0v) is 12.4. The average molecular weight is 333 g/mol. The van der Waals surface area contributed by atoms with E-state index in [2.05, 4.69) is 4.72 Å². The number of benzene rings is 2. The summed E-state index contributed by atoms with van der Waals surface area (Å²) in [5.74, 6) is -2.22. The minimum absolute atomic E-state index is 0.0972. The van der Waals surface area contributed by atoms with Crippen molar-refractivity contribution in [2.24, 2.45) is 0 Å². The molecule has 0 aliphatic rings. The van der Waals surface area contributed by atoms with Gasteiger partial charge in [-0.2, -0.15) is 0 Å². The van der Waals surface area contributed by atoms with Gasteiger partial charge < -0.3 is 5.73 Å². The van der Waals surface area contributed by atoms with Gasteiger partial charge in [0, 0.05) is 6.07 Å². The van der Waals surface area contributed by atoms with Gasteiger partial charge in [0.15, 0.2) is 11.6 Å². The molecule has 0 atom stereocenters. The molecule has 3 N–H and O–H groups in total. The van der Waals surface area contributed by atoms with Crippen molar-refractivity contribution in [3.8, 4) is 0 Å². The molecule has 0 heterocycles. The van der Waals surface area contributed by atoms with Crippen molar-refractivity contribution < 1.29 is 17.2 Å². The summed E-state index contributed by atoms with van der Waals surface area (Å²) in [5, 5.41) is 0.266. The number of sulfonamides is 1. The van der Waals surface area contributed by atoms with E-state index in [0.717, 1.165) is 18.2 Å². The standard InChI is InChI=1S/C13H11ClF2N2O2S/c1-7-4-9(6-12(17)13(7)14)21(19,20)18-8-2-3-10(15)11(16)5-8/h2-6,18H,17H2,1H3. The molecule has 0 saturated heterocycles. The van der Waals surface area contributed by atoms with E-state index < -0.39 is 21.7 Å². The number of halogens is 3. The minimum atomic E-state index is -3.98. The Morgan fingerprint density at radius 3 is 2.38 bits per heavy atom. The molecule has 0 fully saturated rings. The minimum Gasteiger partial charge on any atom is -0.397 e. The number of anilines is 2. The van der Waals surface area contributed by atoms with Crippen molar-refractivity contribution in [2.75, 3.05) is 10.5 Å². The molecule has 112 valence electrons. The van der Waals surface area contributed by atoms with E-state index >= 15 is 0 Å². The second-order valence-corrected chi connectivity index (χ2v) is 6.44. The van der Waals surface area contributed by atoms with Crippen molar-refractivity contribution in [3.63, 3.8) is 0 Å². The van der Waals surface area contributed by atoms with Crippen molar-refractivity contribution in [1.82, 2.24) is 0 Å². The van der Waals surface area contributed by atoms with Gasteiger partial charge in [-0.3, -0.25) is 4.72 Å². The van der Waals surface area contributed by atoms with Crippen LogP contribution >= 0.6 is 11.6 Å². The third kappa shape index (κ3) is 3.25. The van der Waals surface area contributed by atoms with Crippen LogP contribution in [-0.4, -0.2) is 8.42 Å². The first-order chi connectivity index (χ1) is 9.70. The second kappa shape index (κ2) is 5.50. The summed E-state index contributed by atoms with van der Waals surface area (Å²) >= 11 is 5.87. The largest absolute Gasteiger partial charge is 0.397 e. The third-order valence-corrected chi connectivity index (χ3v) is 4.62. The summed E-state index contributed by atoms with van der Waals surface area (Å²) in [6, 6.07) is 5.22. The lowest BCUT2D eigenvalue weighted by Gasteiger charge is -2.11. The Kier molecular flexibility index (Phi) is 4.06. The smallest absolute Gasteiger partial charge is 0.261 e. The zero-order chi connectivity index (χ0) is 15.8. The number of nitrogens with two attached hydrogens (primary N) is 1.